The maximum atomic E-state index is 14.1. The summed E-state index contributed by atoms with van der Waals surface area (Å²) in [5.41, 5.74) is 3.60. The van der Waals surface area contributed by atoms with E-state index in [2.05, 4.69) is 15.6 Å². The van der Waals surface area contributed by atoms with Crippen LogP contribution in [0, 0.1) is 18.8 Å². The smallest absolute Gasteiger partial charge is 0.250 e. The van der Waals surface area contributed by atoms with Crippen molar-refractivity contribution < 1.29 is 14.4 Å². The zero-order valence-corrected chi connectivity index (χ0v) is 21.4. The van der Waals surface area contributed by atoms with Crippen LogP contribution in [0.1, 0.15) is 22.3 Å². The summed E-state index contributed by atoms with van der Waals surface area (Å²) in [6, 6.07) is 20.5. The van der Waals surface area contributed by atoms with Gasteiger partial charge in [0, 0.05) is 39.4 Å². The minimum Gasteiger partial charge on any atom is -0.361 e. The number of halogens is 1. The number of nitrogens with zero attached hydrogens (tertiary/aromatic N) is 1. The number of para-hydroxylation sites is 1. The minimum absolute atomic E-state index is 0.171. The fourth-order valence-corrected chi connectivity index (χ4v) is 7.00. The largest absolute Gasteiger partial charge is 0.361 e. The molecule has 4 heterocycles. The first-order chi connectivity index (χ1) is 18.4. The van der Waals surface area contributed by atoms with Gasteiger partial charge in [0.15, 0.2) is 0 Å². The minimum atomic E-state index is -1.38. The van der Waals surface area contributed by atoms with Crippen LogP contribution in [0.4, 0.5) is 5.69 Å². The Morgan fingerprint density at radius 3 is 2.55 bits per heavy atom. The molecule has 3 N–H and O–H groups in total. The molecule has 7 nitrogen and oxygen atoms in total. The number of nitrogens with one attached hydrogen (secondary N) is 3. The number of amides is 3. The maximum absolute atomic E-state index is 14.1. The number of aromatic amines is 1. The van der Waals surface area contributed by atoms with Gasteiger partial charge < -0.3 is 10.3 Å². The highest BCUT2D eigenvalue weighted by Crippen LogP contribution is 2.54. The zero-order valence-electron chi connectivity index (χ0n) is 20.6. The van der Waals surface area contributed by atoms with Gasteiger partial charge in [-0.1, -0.05) is 60.1 Å². The normalized spacial score (nSPS) is 25.9. The van der Waals surface area contributed by atoms with E-state index in [0.29, 0.717) is 22.7 Å². The topological polar surface area (TPSA) is 94.3 Å². The molecule has 3 aliphatic heterocycles. The van der Waals surface area contributed by atoms with Gasteiger partial charge in [-0.2, -0.15) is 0 Å². The molecule has 0 saturated carbocycles. The van der Waals surface area contributed by atoms with Crippen LogP contribution in [-0.2, 0) is 32.9 Å². The monoisotopic (exact) mass is 524 g/mol. The number of rotatable bonds is 4. The second-order valence-electron chi connectivity index (χ2n) is 10.5. The van der Waals surface area contributed by atoms with Crippen LogP contribution in [0.15, 0.2) is 72.9 Å². The number of hydrogen-bond acceptors (Lipinski definition) is 4. The van der Waals surface area contributed by atoms with Gasteiger partial charge in [-0.15, -0.1) is 0 Å². The van der Waals surface area contributed by atoms with Crippen LogP contribution < -0.4 is 10.6 Å². The second-order valence-corrected chi connectivity index (χ2v) is 10.9. The van der Waals surface area contributed by atoms with Gasteiger partial charge in [0.25, 0.3) is 0 Å². The molecule has 3 aromatic carbocycles. The first-order valence-electron chi connectivity index (χ1n) is 12.7. The van der Waals surface area contributed by atoms with Gasteiger partial charge in [0.05, 0.1) is 18.4 Å². The number of aryl methyl sites for hydroxylation is 1. The predicted molar refractivity (Wildman–Crippen MR) is 144 cm³/mol. The molecule has 3 aliphatic rings. The number of likely N-dealkylation sites (tertiary alicyclic amines) is 1. The number of imide groups is 1. The van der Waals surface area contributed by atoms with E-state index in [1.807, 2.05) is 67.7 Å². The molecule has 0 aliphatic carbocycles. The number of aromatic nitrogens is 1. The Morgan fingerprint density at radius 2 is 1.74 bits per heavy atom. The molecule has 1 spiro atoms. The van der Waals surface area contributed by atoms with Crippen LogP contribution in [0.25, 0.3) is 10.9 Å². The third-order valence-electron chi connectivity index (χ3n) is 8.38. The SMILES string of the molecule is Cc1cc(Cl)cc2c1NC(=O)[C@]21N[C@H](Cc2c[nH]c3ccccc23)[C@H]2C(=O)N(Cc3ccccc3)C(=O)[C@H]21. The van der Waals surface area contributed by atoms with Crippen molar-refractivity contribution in [2.75, 3.05) is 5.32 Å². The van der Waals surface area contributed by atoms with Crippen LogP contribution in [0.2, 0.25) is 5.02 Å². The molecule has 4 atom stereocenters. The maximum Gasteiger partial charge on any atom is 0.250 e. The Balaban J connectivity index is 1.36. The van der Waals surface area contributed by atoms with Crippen LogP contribution in [0.5, 0.6) is 0 Å². The fraction of sp³-hybridized carbons (Fsp3) is 0.233. The average molecular weight is 525 g/mol. The molecule has 4 aromatic rings. The number of anilines is 1. The number of hydrogen-bond donors (Lipinski definition) is 3. The van der Waals surface area contributed by atoms with Crippen molar-refractivity contribution in [2.24, 2.45) is 11.8 Å². The van der Waals surface area contributed by atoms with E-state index in [1.54, 1.807) is 12.1 Å². The third kappa shape index (κ3) is 3.15. The predicted octanol–water partition coefficient (Wildman–Crippen LogP) is 4.29. The van der Waals surface area contributed by atoms with Crippen molar-refractivity contribution in [1.82, 2.24) is 15.2 Å². The van der Waals surface area contributed by atoms with Crippen LogP contribution >= 0.6 is 11.6 Å². The quantitative estimate of drug-likeness (QED) is 0.347. The van der Waals surface area contributed by atoms with Crippen molar-refractivity contribution in [3.05, 3.63) is 100 Å². The Kier molecular flexibility index (Phi) is 5.05. The van der Waals surface area contributed by atoms with E-state index in [0.717, 1.165) is 27.6 Å². The highest BCUT2D eigenvalue weighted by Gasteiger charge is 2.70. The number of benzene rings is 3. The van der Waals surface area contributed by atoms with E-state index in [-0.39, 0.29) is 24.3 Å². The lowest BCUT2D eigenvalue weighted by atomic mass is 9.76. The standard InChI is InChI=1S/C30H25ClN4O3/c1-16-11-19(31)13-21-26(16)33-29(38)30(21)25-24(27(36)35(28(25)37)15-17-7-3-2-4-8-17)23(34-30)12-18-14-32-22-10-6-5-9-20(18)22/h2-11,13-14,23-25,32,34H,12,15H2,1H3,(H,33,38)/t23-,24-,25+,30+/m1/s1. The lowest BCUT2D eigenvalue weighted by Gasteiger charge is -2.29. The molecule has 3 amide bonds. The van der Waals surface area contributed by atoms with E-state index in [4.69, 9.17) is 11.6 Å². The lowest BCUT2D eigenvalue weighted by molar-refractivity contribution is -0.143. The average Bonchev–Trinajstić information content (AvgIpc) is 3.61. The van der Waals surface area contributed by atoms with Crippen molar-refractivity contribution in [2.45, 2.75) is 31.5 Å². The molecule has 0 radical (unpaired) electrons. The summed E-state index contributed by atoms with van der Waals surface area (Å²) in [5.74, 6) is -2.49. The number of carbonyl (C=O) groups excluding carboxylic acids is 3. The van der Waals surface area contributed by atoms with Gasteiger partial charge >= 0.3 is 0 Å². The lowest BCUT2D eigenvalue weighted by Crippen LogP contribution is -2.53. The third-order valence-corrected chi connectivity index (χ3v) is 8.59. The molecule has 38 heavy (non-hydrogen) atoms. The molecular formula is C30H25ClN4O3. The van der Waals surface area contributed by atoms with Gasteiger partial charge in [-0.25, -0.2) is 0 Å². The Labute approximate surface area is 224 Å². The first-order valence-corrected chi connectivity index (χ1v) is 13.1. The summed E-state index contributed by atoms with van der Waals surface area (Å²) in [5, 5.41) is 8.06. The van der Waals surface area contributed by atoms with Gasteiger partial charge in [-0.05, 0) is 48.2 Å². The van der Waals surface area contributed by atoms with E-state index < -0.39 is 23.4 Å². The molecule has 190 valence electrons. The molecule has 0 bridgehead atoms. The van der Waals surface area contributed by atoms with Crippen LogP contribution in [0.3, 0.4) is 0 Å². The molecule has 0 unspecified atom stereocenters. The number of fused-ring (bicyclic) bond motifs is 5. The summed E-state index contributed by atoms with van der Waals surface area (Å²) in [6.07, 6.45) is 2.42. The second kappa shape index (κ2) is 8.28. The molecule has 2 fully saturated rings. The van der Waals surface area contributed by atoms with E-state index in [9.17, 15) is 14.4 Å². The summed E-state index contributed by atoms with van der Waals surface area (Å²) >= 11 is 6.47. The van der Waals surface area contributed by atoms with Crippen LogP contribution in [-0.4, -0.2) is 33.6 Å². The van der Waals surface area contributed by atoms with Gasteiger partial charge in [0.1, 0.15) is 5.54 Å². The summed E-state index contributed by atoms with van der Waals surface area (Å²) in [4.78, 5) is 46.6. The Morgan fingerprint density at radius 1 is 0.974 bits per heavy atom. The summed E-state index contributed by atoms with van der Waals surface area (Å²) in [6.45, 7) is 2.05. The highest BCUT2D eigenvalue weighted by molar-refractivity contribution is 6.31. The summed E-state index contributed by atoms with van der Waals surface area (Å²) < 4.78 is 0. The van der Waals surface area contributed by atoms with Gasteiger partial charge in [0.2, 0.25) is 17.7 Å². The van der Waals surface area contributed by atoms with Crippen molar-refractivity contribution >= 4 is 45.9 Å². The zero-order chi connectivity index (χ0) is 26.2. The molecule has 2 saturated heterocycles. The fourth-order valence-electron chi connectivity index (χ4n) is 6.73. The molecule has 7 rings (SSSR count). The number of carbonyl (C=O) groups is 3. The van der Waals surface area contributed by atoms with Crippen molar-refractivity contribution in [3.8, 4) is 0 Å². The van der Waals surface area contributed by atoms with Crippen molar-refractivity contribution in [1.29, 1.82) is 0 Å². The van der Waals surface area contributed by atoms with E-state index in [1.165, 1.54) is 4.90 Å². The van der Waals surface area contributed by atoms with Gasteiger partial charge in [-0.3, -0.25) is 24.6 Å². The van der Waals surface area contributed by atoms with Crippen molar-refractivity contribution in [3.63, 3.8) is 0 Å². The first kappa shape index (κ1) is 23.2. The molecule has 1 aromatic heterocycles. The highest BCUT2D eigenvalue weighted by atomic mass is 35.5. The number of H-pyrrole nitrogens is 1. The molecule has 8 heteroatoms. The Bertz CT molecular complexity index is 1650. The van der Waals surface area contributed by atoms with E-state index >= 15 is 0 Å². The molecular weight excluding hydrogens is 500 g/mol. The summed E-state index contributed by atoms with van der Waals surface area (Å²) in [7, 11) is 0. The Hall–Kier alpha value is -3.94.